The summed E-state index contributed by atoms with van der Waals surface area (Å²) >= 11 is 0. The molecule has 2 aliphatic rings. The van der Waals surface area contributed by atoms with Gasteiger partial charge >= 0.3 is 6.18 Å². The molecule has 1 fully saturated rings. The van der Waals surface area contributed by atoms with Crippen LogP contribution in [0.5, 0.6) is 0 Å². The molecule has 1 amide bonds. The van der Waals surface area contributed by atoms with Gasteiger partial charge in [-0.25, -0.2) is 17.9 Å². The van der Waals surface area contributed by atoms with Gasteiger partial charge in [-0.15, -0.1) is 0 Å². The van der Waals surface area contributed by atoms with Crippen LogP contribution in [0.3, 0.4) is 0 Å². The number of nitrogens with one attached hydrogen (secondary N) is 1. The number of anilines is 2. The number of amides is 1. The average Bonchev–Trinajstić information content (AvgIpc) is 3.27. The molecule has 0 spiro atoms. The molecule has 0 bridgehead atoms. The Bertz CT molecular complexity index is 1460. The summed E-state index contributed by atoms with van der Waals surface area (Å²) in [5.74, 6) is -1.87. The third kappa shape index (κ3) is 5.60. The van der Waals surface area contributed by atoms with Crippen molar-refractivity contribution in [3.63, 3.8) is 0 Å². The Morgan fingerprint density at radius 3 is 2.51 bits per heavy atom. The summed E-state index contributed by atoms with van der Waals surface area (Å²) in [5, 5.41) is 6.72. The van der Waals surface area contributed by atoms with Crippen LogP contribution in [0.15, 0.2) is 36.5 Å². The van der Waals surface area contributed by atoms with Gasteiger partial charge in [0.15, 0.2) is 11.7 Å². The minimum atomic E-state index is -4.73. The Morgan fingerprint density at radius 2 is 1.87 bits per heavy atom. The Balaban J connectivity index is 1.41. The molecule has 0 aliphatic carbocycles. The first kappa shape index (κ1) is 27.4. The summed E-state index contributed by atoms with van der Waals surface area (Å²) in [5.41, 5.74) is 3.85. The molecule has 2 aromatic heterocycles. The lowest BCUT2D eigenvalue weighted by molar-refractivity contribution is -0.164. The summed E-state index contributed by atoms with van der Waals surface area (Å²) in [4.78, 5) is 19.2. The van der Waals surface area contributed by atoms with Gasteiger partial charge in [0.05, 0.1) is 41.4 Å². The van der Waals surface area contributed by atoms with Crippen LogP contribution in [0, 0.1) is 12.8 Å². The number of alkyl halides is 3. The van der Waals surface area contributed by atoms with Gasteiger partial charge in [-0.05, 0) is 43.9 Å². The highest BCUT2D eigenvalue weighted by atomic mass is 32.2. The van der Waals surface area contributed by atoms with Crippen LogP contribution >= 0.6 is 0 Å². The fraction of sp³-hybridized carbons (Fsp3) is 0.500. The molecular weight excluding hydrogens is 535 g/mol. The van der Waals surface area contributed by atoms with Gasteiger partial charge in [0.2, 0.25) is 5.91 Å². The van der Waals surface area contributed by atoms with Gasteiger partial charge < -0.3 is 15.0 Å². The van der Waals surface area contributed by atoms with E-state index < -0.39 is 33.9 Å². The number of hydrogen-bond acceptors (Lipinski definition) is 7. The molecule has 0 radical (unpaired) electrons. The minimum Gasteiger partial charge on any atom is -0.384 e. The maximum absolute atomic E-state index is 14.0. The summed E-state index contributed by atoms with van der Waals surface area (Å²) in [6.07, 6.45) is -2.18. The molecule has 5 rings (SSSR count). The zero-order chi connectivity index (χ0) is 27.9. The zero-order valence-electron chi connectivity index (χ0n) is 21.6. The number of sulfone groups is 1. The molecular formula is C26H30F3N5O4S. The molecule has 210 valence electrons. The molecule has 1 saturated heterocycles. The Kier molecular flexibility index (Phi) is 7.31. The summed E-state index contributed by atoms with van der Waals surface area (Å²) in [6, 6.07) is 5.62. The Hall–Kier alpha value is -3.19. The van der Waals surface area contributed by atoms with Crippen molar-refractivity contribution in [2.24, 2.45) is 5.92 Å². The number of aryl methyl sites for hydroxylation is 1. The quantitative estimate of drug-likeness (QED) is 0.484. The normalized spacial score (nSPS) is 20.5. The largest absolute Gasteiger partial charge is 0.412 e. The van der Waals surface area contributed by atoms with Gasteiger partial charge in [-0.2, -0.15) is 18.3 Å². The van der Waals surface area contributed by atoms with E-state index in [1.807, 2.05) is 17.9 Å². The Morgan fingerprint density at radius 1 is 1.18 bits per heavy atom. The highest BCUT2D eigenvalue weighted by Gasteiger charge is 2.43. The van der Waals surface area contributed by atoms with Gasteiger partial charge in [-0.3, -0.25) is 4.79 Å². The van der Waals surface area contributed by atoms with Crippen molar-refractivity contribution in [2.45, 2.75) is 44.3 Å². The number of carbonyl (C=O) groups is 1. The number of halogens is 3. The van der Waals surface area contributed by atoms with Crippen LogP contribution in [0.1, 0.15) is 48.2 Å². The molecule has 2 atom stereocenters. The molecule has 0 saturated carbocycles. The van der Waals surface area contributed by atoms with Crippen LogP contribution in [0.25, 0.3) is 5.65 Å². The van der Waals surface area contributed by atoms with E-state index >= 15 is 0 Å². The summed E-state index contributed by atoms with van der Waals surface area (Å²) in [7, 11) is -1.59. The number of nitrogens with zero attached hydrogens (tertiary/aromatic N) is 4. The molecule has 13 heteroatoms. The topological polar surface area (TPSA) is 106 Å². The van der Waals surface area contributed by atoms with Crippen LogP contribution < -0.4 is 10.2 Å². The van der Waals surface area contributed by atoms with Gasteiger partial charge in [0, 0.05) is 37.2 Å². The second kappa shape index (κ2) is 10.4. The lowest BCUT2D eigenvalue weighted by Gasteiger charge is -2.35. The molecule has 4 heterocycles. The van der Waals surface area contributed by atoms with E-state index in [-0.39, 0.29) is 35.8 Å². The number of methoxy groups -OCH3 is 1. The number of hydrogen-bond donors (Lipinski definition) is 1. The molecule has 0 unspecified atom stereocenters. The zero-order valence-corrected chi connectivity index (χ0v) is 22.4. The number of rotatable bonds is 6. The van der Waals surface area contributed by atoms with Crippen molar-refractivity contribution >= 4 is 32.8 Å². The smallest absolute Gasteiger partial charge is 0.384 e. The first-order valence-corrected chi connectivity index (χ1v) is 14.6. The second-order valence-electron chi connectivity index (χ2n) is 10.2. The number of carbonyl (C=O) groups excluding carboxylic acids is 1. The maximum Gasteiger partial charge on any atom is 0.412 e. The fourth-order valence-corrected chi connectivity index (χ4v) is 6.93. The van der Waals surface area contributed by atoms with E-state index in [2.05, 4.69) is 15.4 Å². The van der Waals surface area contributed by atoms with Gasteiger partial charge in [0.25, 0.3) is 0 Å². The van der Waals surface area contributed by atoms with Crippen molar-refractivity contribution in [1.82, 2.24) is 19.9 Å². The maximum atomic E-state index is 14.0. The first-order valence-electron chi connectivity index (χ1n) is 12.8. The first-order chi connectivity index (χ1) is 18.5. The van der Waals surface area contributed by atoms with E-state index in [9.17, 15) is 26.4 Å². The van der Waals surface area contributed by atoms with Crippen molar-refractivity contribution in [3.8, 4) is 0 Å². The van der Waals surface area contributed by atoms with Gasteiger partial charge in [0.1, 0.15) is 9.84 Å². The van der Waals surface area contributed by atoms with E-state index in [4.69, 9.17) is 4.74 Å². The van der Waals surface area contributed by atoms with Crippen molar-refractivity contribution in [2.75, 3.05) is 36.7 Å². The Labute approximate surface area is 224 Å². The molecule has 2 aliphatic heterocycles. The van der Waals surface area contributed by atoms with E-state index in [1.54, 1.807) is 30.0 Å². The van der Waals surface area contributed by atoms with Crippen LogP contribution in [-0.4, -0.2) is 66.9 Å². The monoisotopic (exact) mass is 565 g/mol. The predicted molar refractivity (Wildman–Crippen MR) is 139 cm³/mol. The van der Waals surface area contributed by atoms with Crippen molar-refractivity contribution < 1.29 is 31.1 Å². The lowest BCUT2D eigenvalue weighted by Crippen LogP contribution is -2.43. The van der Waals surface area contributed by atoms with E-state index in [0.717, 1.165) is 23.5 Å². The second-order valence-corrected chi connectivity index (χ2v) is 12.5. The number of aromatic nitrogens is 3. The number of benzene rings is 1. The van der Waals surface area contributed by atoms with E-state index in [0.29, 0.717) is 24.5 Å². The van der Waals surface area contributed by atoms with E-state index in [1.165, 1.54) is 12.1 Å². The molecule has 1 aromatic carbocycles. The third-order valence-electron chi connectivity index (χ3n) is 7.45. The minimum absolute atomic E-state index is 0.0210. The van der Waals surface area contributed by atoms with Crippen molar-refractivity contribution in [1.29, 1.82) is 0 Å². The lowest BCUT2D eigenvalue weighted by atomic mass is 9.95. The summed E-state index contributed by atoms with van der Waals surface area (Å²) in [6.45, 7) is 2.99. The molecule has 39 heavy (non-hydrogen) atoms. The SMILES string of the molecule is COC[C@@H]1CCN(c2ccc([C@H](NC(=O)C3CCS(=O)(=O)CC3)C(F)(F)F)cc2)c2cnc3cc(C)nn3c21. The predicted octanol–water partition coefficient (Wildman–Crippen LogP) is 3.85. The third-order valence-corrected chi connectivity index (χ3v) is 9.16. The molecule has 9 nitrogen and oxygen atoms in total. The number of ether oxygens (including phenoxy) is 1. The van der Waals surface area contributed by atoms with Crippen LogP contribution in [-0.2, 0) is 19.4 Å². The highest BCUT2D eigenvalue weighted by molar-refractivity contribution is 7.91. The molecule has 3 aromatic rings. The summed E-state index contributed by atoms with van der Waals surface area (Å²) < 4.78 is 72.6. The van der Waals surface area contributed by atoms with Crippen molar-refractivity contribution in [3.05, 3.63) is 53.5 Å². The standard InChI is InChI=1S/C26H30F3N5O4S/c1-16-13-22-30-14-21-23(34(22)32-16)19(15-38-2)7-10-33(21)20-5-3-17(4-6-20)24(26(27,28)29)31-25(35)18-8-11-39(36,37)12-9-18/h3-6,13-14,18-19,24H,7-12,15H2,1-2H3,(H,31,35)/t19-,24-/m0/s1. The number of fused-ring (bicyclic) bond motifs is 3. The average molecular weight is 566 g/mol. The molecule has 1 N–H and O–H groups in total. The van der Waals surface area contributed by atoms with Crippen LogP contribution in [0.4, 0.5) is 24.5 Å². The van der Waals surface area contributed by atoms with Gasteiger partial charge in [-0.1, -0.05) is 12.1 Å². The highest BCUT2D eigenvalue weighted by Crippen LogP contribution is 2.40. The van der Waals surface area contributed by atoms with Crippen LogP contribution in [0.2, 0.25) is 0 Å². The fourth-order valence-electron chi connectivity index (χ4n) is 5.43.